The van der Waals surface area contributed by atoms with E-state index >= 15 is 0 Å². The Labute approximate surface area is 86.7 Å². The summed E-state index contributed by atoms with van der Waals surface area (Å²) in [4.78, 5) is 6.79. The third-order valence-corrected chi connectivity index (χ3v) is 2.82. The van der Waals surface area contributed by atoms with Gasteiger partial charge in [-0.25, -0.2) is 0 Å². The second-order valence-corrected chi connectivity index (χ2v) is 4.00. The summed E-state index contributed by atoms with van der Waals surface area (Å²) in [5, 5.41) is 0. The summed E-state index contributed by atoms with van der Waals surface area (Å²) in [6.07, 6.45) is 5.97. The van der Waals surface area contributed by atoms with Gasteiger partial charge in [0.15, 0.2) is 0 Å². The highest BCUT2D eigenvalue weighted by molar-refractivity contribution is 5.99. The Bertz CT molecular complexity index is 231. The van der Waals surface area contributed by atoms with Crippen LogP contribution < -0.4 is 5.73 Å². The molecule has 1 rings (SSSR count). The molecule has 0 aliphatic carbocycles. The average molecular weight is 195 g/mol. The average Bonchev–Trinajstić information content (AvgIpc) is 2.62. The molecule has 0 bridgehead atoms. The lowest BCUT2D eigenvalue weighted by Crippen LogP contribution is -2.40. The molecule has 0 amide bonds. The van der Waals surface area contributed by atoms with Crippen molar-refractivity contribution in [3.8, 4) is 0 Å². The molecular weight excluding hydrogens is 174 g/mol. The Morgan fingerprint density at radius 2 is 2.29 bits per heavy atom. The third kappa shape index (κ3) is 2.35. The number of aliphatic imine (C=N–C) groups is 1. The van der Waals surface area contributed by atoms with Crippen LogP contribution in [0.15, 0.2) is 17.3 Å². The summed E-state index contributed by atoms with van der Waals surface area (Å²) >= 11 is 0. The van der Waals surface area contributed by atoms with Crippen molar-refractivity contribution in [2.24, 2.45) is 10.7 Å². The van der Waals surface area contributed by atoms with Crippen LogP contribution in [0.5, 0.6) is 0 Å². The monoisotopic (exact) mass is 195 g/mol. The van der Waals surface area contributed by atoms with Gasteiger partial charge in [0, 0.05) is 13.1 Å². The maximum Gasteiger partial charge on any atom is 0.0531 e. The van der Waals surface area contributed by atoms with Crippen LogP contribution in [0.25, 0.3) is 0 Å². The van der Waals surface area contributed by atoms with Crippen LogP contribution in [-0.2, 0) is 0 Å². The number of nitrogens with zero attached hydrogens (tertiary/aromatic N) is 2. The molecule has 0 radical (unpaired) electrons. The molecule has 3 heteroatoms. The summed E-state index contributed by atoms with van der Waals surface area (Å²) in [5.74, 6) is 0. The van der Waals surface area contributed by atoms with Crippen LogP contribution in [0.4, 0.5) is 0 Å². The Balaban J connectivity index is 2.74. The number of hydrogen-bond donors (Lipinski definition) is 1. The highest BCUT2D eigenvalue weighted by Gasteiger charge is 2.28. The van der Waals surface area contributed by atoms with Crippen molar-refractivity contribution in [2.75, 3.05) is 13.6 Å². The zero-order chi connectivity index (χ0) is 10.6. The van der Waals surface area contributed by atoms with Crippen LogP contribution in [0, 0.1) is 0 Å². The smallest absolute Gasteiger partial charge is 0.0531 e. The summed E-state index contributed by atoms with van der Waals surface area (Å²) in [6, 6.07) is 1.06. The van der Waals surface area contributed by atoms with Crippen molar-refractivity contribution in [1.29, 1.82) is 0 Å². The van der Waals surface area contributed by atoms with Crippen molar-refractivity contribution >= 4 is 5.71 Å². The molecule has 3 nitrogen and oxygen atoms in total. The summed E-state index contributed by atoms with van der Waals surface area (Å²) in [5.41, 5.74) is 6.52. The normalized spacial score (nSPS) is 25.4. The maximum absolute atomic E-state index is 5.41. The second kappa shape index (κ2) is 5.15. The standard InChI is InChI=1S/C11H21N3/c1-9(2)14-8-4-5-11(14)10(13-3)6-7-12/h6-7,9,11H,4-5,8,12H2,1-3H3/b7-6-,13-10?. The molecule has 0 aromatic carbocycles. The fourth-order valence-corrected chi connectivity index (χ4v) is 2.16. The molecule has 1 aliphatic heterocycles. The van der Waals surface area contributed by atoms with Crippen LogP contribution >= 0.6 is 0 Å². The minimum atomic E-state index is 0.472. The Morgan fingerprint density at radius 3 is 2.79 bits per heavy atom. The lowest BCUT2D eigenvalue weighted by molar-refractivity contribution is 0.245. The first-order chi connectivity index (χ1) is 6.70. The number of nitrogens with two attached hydrogens (primary N) is 1. The molecule has 0 spiro atoms. The molecule has 80 valence electrons. The molecule has 0 saturated carbocycles. The highest BCUT2D eigenvalue weighted by Crippen LogP contribution is 2.21. The lowest BCUT2D eigenvalue weighted by atomic mass is 10.1. The van der Waals surface area contributed by atoms with Crippen molar-refractivity contribution in [1.82, 2.24) is 4.90 Å². The van der Waals surface area contributed by atoms with E-state index in [9.17, 15) is 0 Å². The van der Waals surface area contributed by atoms with E-state index in [4.69, 9.17) is 5.73 Å². The number of hydrogen-bond acceptors (Lipinski definition) is 3. The van der Waals surface area contributed by atoms with Crippen LogP contribution in [0.3, 0.4) is 0 Å². The van der Waals surface area contributed by atoms with Gasteiger partial charge < -0.3 is 5.73 Å². The van der Waals surface area contributed by atoms with Gasteiger partial charge in [-0.15, -0.1) is 0 Å². The van der Waals surface area contributed by atoms with Crippen molar-refractivity contribution < 1.29 is 0 Å². The lowest BCUT2D eigenvalue weighted by Gasteiger charge is -2.28. The molecule has 2 N–H and O–H groups in total. The molecule has 1 aliphatic rings. The minimum Gasteiger partial charge on any atom is -0.405 e. The van der Waals surface area contributed by atoms with Crippen LogP contribution in [0.2, 0.25) is 0 Å². The first-order valence-electron chi connectivity index (χ1n) is 5.31. The van der Waals surface area contributed by atoms with Gasteiger partial charge in [-0.1, -0.05) is 0 Å². The van der Waals surface area contributed by atoms with Gasteiger partial charge in [-0.3, -0.25) is 9.89 Å². The molecule has 1 unspecified atom stereocenters. The molecule has 0 aromatic heterocycles. The zero-order valence-electron chi connectivity index (χ0n) is 9.40. The zero-order valence-corrected chi connectivity index (χ0v) is 9.40. The maximum atomic E-state index is 5.41. The predicted octanol–water partition coefficient (Wildman–Crippen LogP) is 1.40. The van der Waals surface area contributed by atoms with Gasteiger partial charge in [0.05, 0.1) is 11.8 Å². The second-order valence-electron chi connectivity index (χ2n) is 4.00. The van der Waals surface area contributed by atoms with E-state index in [2.05, 4.69) is 23.7 Å². The molecule has 1 fully saturated rings. The van der Waals surface area contributed by atoms with E-state index in [0.717, 1.165) is 5.71 Å². The largest absolute Gasteiger partial charge is 0.405 e. The fourth-order valence-electron chi connectivity index (χ4n) is 2.16. The van der Waals surface area contributed by atoms with Gasteiger partial charge in [0.1, 0.15) is 0 Å². The molecule has 0 aromatic rings. The quantitative estimate of drug-likeness (QED) is 0.692. The SMILES string of the molecule is CN=C(/C=C\N)C1CCCN1C(C)C. The fraction of sp³-hybridized carbons (Fsp3) is 0.727. The minimum absolute atomic E-state index is 0.472. The highest BCUT2D eigenvalue weighted by atomic mass is 15.2. The van der Waals surface area contributed by atoms with Crippen molar-refractivity contribution in [3.63, 3.8) is 0 Å². The topological polar surface area (TPSA) is 41.6 Å². The Morgan fingerprint density at radius 1 is 1.57 bits per heavy atom. The molecular formula is C11H21N3. The van der Waals surface area contributed by atoms with Gasteiger partial charge in [-0.05, 0) is 45.5 Å². The van der Waals surface area contributed by atoms with Gasteiger partial charge in [0.2, 0.25) is 0 Å². The Kier molecular flexibility index (Phi) is 4.14. The third-order valence-electron chi connectivity index (χ3n) is 2.82. The van der Waals surface area contributed by atoms with E-state index in [1.165, 1.54) is 19.4 Å². The molecule has 14 heavy (non-hydrogen) atoms. The summed E-state index contributed by atoms with van der Waals surface area (Å²) in [7, 11) is 1.84. The van der Waals surface area contributed by atoms with E-state index in [0.29, 0.717) is 12.1 Å². The first kappa shape index (κ1) is 11.2. The van der Waals surface area contributed by atoms with Crippen molar-refractivity contribution in [2.45, 2.75) is 38.8 Å². The first-order valence-corrected chi connectivity index (χ1v) is 5.31. The van der Waals surface area contributed by atoms with Gasteiger partial charge in [0.25, 0.3) is 0 Å². The molecule has 1 heterocycles. The van der Waals surface area contributed by atoms with Crippen LogP contribution in [0.1, 0.15) is 26.7 Å². The van der Waals surface area contributed by atoms with Gasteiger partial charge >= 0.3 is 0 Å². The van der Waals surface area contributed by atoms with E-state index in [1.807, 2.05) is 13.1 Å². The van der Waals surface area contributed by atoms with E-state index in [-0.39, 0.29) is 0 Å². The summed E-state index contributed by atoms with van der Waals surface area (Å²) in [6.45, 7) is 5.65. The predicted molar refractivity (Wildman–Crippen MR) is 61.6 cm³/mol. The Hall–Kier alpha value is -0.830. The van der Waals surface area contributed by atoms with E-state index in [1.54, 1.807) is 6.20 Å². The van der Waals surface area contributed by atoms with Crippen LogP contribution in [-0.4, -0.2) is 36.3 Å². The molecule has 1 saturated heterocycles. The summed E-state index contributed by atoms with van der Waals surface area (Å²) < 4.78 is 0. The number of rotatable bonds is 3. The van der Waals surface area contributed by atoms with E-state index < -0.39 is 0 Å². The van der Waals surface area contributed by atoms with Gasteiger partial charge in [-0.2, -0.15) is 0 Å². The number of likely N-dealkylation sites (tertiary alicyclic amines) is 1. The van der Waals surface area contributed by atoms with Crippen molar-refractivity contribution in [3.05, 3.63) is 12.3 Å². The molecule has 1 atom stereocenters.